The minimum Gasteiger partial charge on any atom is -0.390 e. The van der Waals surface area contributed by atoms with Crippen molar-refractivity contribution in [3.05, 3.63) is 42.0 Å². The average molecular weight is 296 g/mol. The summed E-state index contributed by atoms with van der Waals surface area (Å²) in [6, 6.07) is 6.51. The number of aryl methyl sites for hydroxylation is 1. The molecule has 0 fully saturated rings. The quantitative estimate of drug-likeness (QED) is 0.688. The summed E-state index contributed by atoms with van der Waals surface area (Å²) < 4.78 is 29.6. The molecule has 5 heteroatoms. The van der Waals surface area contributed by atoms with Crippen molar-refractivity contribution in [2.24, 2.45) is 0 Å². The predicted molar refractivity (Wildman–Crippen MR) is 76.9 cm³/mol. The zero-order valence-corrected chi connectivity index (χ0v) is 12.3. The van der Waals surface area contributed by atoms with E-state index in [0.717, 1.165) is 12.0 Å². The van der Waals surface area contributed by atoms with Crippen LogP contribution in [0.2, 0.25) is 0 Å². The molecule has 0 unspecified atom stereocenters. The Balaban J connectivity index is 2.14. The summed E-state index contributed by atoms with van der Waals surface area (Å²) in [4.78, 5) is 0.132. The number of benzene rings is 1. The van der Waals surface area contributed by atoms with Gasteiger partial charge < -0.3 is 5.11 Å². The van der Waals surface area contributed by atoms with Crippen molar-refractivity contribution in [1.82, 2.24) is 0 Å². The third kappa shape index (κ3) is 3.91. The van der Waals surface area contributed by atoms with Gasteiger partial charge in [0.1, 0.15) is 6.10 Å². The molecule has 20 heavy (non-hydrogen) atoms. The van der Waals surface area contributed by atoms with Gasteiger partial charge in [0.15, 0.2) is 0 Å². The molecule has 2 atom stereocenters. The molecule has 0 saturated heterocycles. The molecule has 1 aromatic carbocycles. The first-order valence-electron chi connectivity index (χ1n) is 6.82. The van der Waals surface area contributed by atoms with Crippen LogP contribution in [0.25, 0.3) is 0 Å². The standard InChI is InChI=1S/C15H20O4S/c1-12-8-10-13(11-9-12)20(17,18)19-15-7-5-3-2-4-6-14(15)16/h2-3,8-11,14-16H,4-7H2,1H3/b3-2-/t14-,15+/m1/s1. The number of rotatable bonds is 3. The molecule has 4 nitrogen and oxygen atoms in total. The topological polar surface area (TPSA) is 63.6 Å². The Hall–Kier alpha value is -1.17. The lowest BCUT2D eigenvalue weighted by molar-refractivity contribution is 0.0300. The van der Waals surface area contributed by atoms with E-state index in [4.69, 9.17) is 4.18 Å². The maximum absolute atomic E-state index is 12.2. The third-order valence-electron chi connectivity index (χ3n) is 3.40. The molecule has 0 radical (unpaired) electrons. The van der Waals surface area contributed by atoms with Crippen molar-refractivity contribution in [3.63, 3.8) is 0 Å². The van der Waals surface area contributed by atoms with Gasteiger partial charge in [0.05, 0.1) is 11.0 Å². The van der Waals surface area contributed by atoms with Crippen LogP contribution in [0.15, 0.2) is 41.3 Å². The monoisotopic (exact) mass is 296 g/mol. The summed E-state index contributed by atoms with van der Waals surface area (Å²) in [5.74, 6) is 0. The molecule has 2 rings (SSSR count). The molecule has 0 saturated carbocycles. The molecular weight excluding hydrogens is 276 g/mol. The van der Waals surface area contributed by atoms with E-state index in [1.54, 1.807) is 12.1 Å². The molecule has 0 aromatic heterocycles. The van der Waals surface area contributed by atoms with E-state index in [1.165, 1.54) is 12.1 Å². The normalized spacial score (nSPS) is 25.7. The summed E-state index contributed by atoms with van der Waals surface area (Å²) in [6.45, 7) is 1.89. The molecule has 0 aliphatic heterocycles. The lowest BCUT2D eigenvalue weighted by Gasteiger charge is -2.23. The van der Waals surface area contributed by atoms with Crippen molar-refractivity contribution in [3.8, 4) is 0 Å². The fourth-order valence-corrected chi connectivity index (χ4v) is 3.31. The van der Waals surface area contributed by atoms with Gasteiger partial charge in [-0.1, -0.05) is 29.8 Å². The Morgan fingerprint density at radius 2 is 1.70 bits per heavy atom. The second kappa shape index (κ2) is 6.52. The van der Waals surface area contributed by atoms with E-state index in [0.29, 0.717) is 19.3 Å². The highest BCUT2D eigenvalue weighted by atomic mass is 32.2. The fourth-order valence-electron chi connectivity index (χ4n) is 2.18. The van der Waals surface area contributed by atoms with Gasteiger partial charge in [-0.3, -0.25) is 4.18 Å². The van der Waals surface area contributed by atoms with Crippen molar-refractivity contribution in [1.29, 1.82) is 0 Å². The Kier molecular flexibility index (Phi) is 4.96. The number of aliphatic hydroxyl groups excluding tert-OH is 1. The summed E-state index contributed by atoms with van der Waals surface area (Å²) in [5, 5.41) is 10.0. The molecule has 0 heterocycles. The minimum atomic E-state index is -3.82. The van der Waals surface area contributed by atoms with Crippen LogP contribution in [0, 0.1) is 6.92 Å². The van der Waals surface area contributed by atoms with E-state index in [-0.39, 0.29) is 4.90 Å². The van der Waals surface area contributed by atoms with Crippen LogP contribution in [-0.2, 0) is 14.3 Å². The predicted octanol–water partition coefficient (Wildman–Crippen LogP) is 2.56. The van der Waals surface area contributed by atoms with Crippen LogP contribution in [0.4, 0.5) is 0 Å². The van der Waals surface area contributed by atoms with Gasteiger partial charge in [-0.2, -0.15) is 8.42 Å². The molecule has 110 valence electrons. The maximum Gasteiger partial charge on any atom is 0.297 e. The van der Waals surface area contributed by atoms with E-state index < -0.39 is 22.3 Å². The van der Waals surface area contributed by atoms with Crippen LogP contribution >= 0.6 is 0 Å². The highest BCUT2D eigenvalue weighted by molar-refractivity contribution is 7.86. The summed E-state index contributed by atoms with van der Waals surface area (Å²) in [5.41, 5.74) is 0.986. The van der Waals surface area contributed by atoms with E-state index in [1.807, 2.05) is 19.1 Å². The number of hydrogen-bond donors (Lipinski definition) is 1. The SMILES string of the molecule is Cc1ccc(S(=O)(=O)O[C@H]2CC/C=C\CC[C@H]2O)cc1. The van der Waals surface area contributed by atoms with Gasteiger partial charge in [-0.25, -0.2) is 0 Å². The van der Waals surface area contributed by atoms with Crippen molar-refractivity contribution >= 4 is 10.1 Å². The van der Waals surface area contributed by atoms with Gasteiger partial charge in [0.25, 0.3) is 10.1 Å². The number of aliphatic hydroxyl groups is 1. The summed E-state index contributed by atoms with van der Waals surface area (Å²) in [7, 11) is -3.82. The first kappa shape index (κ1) is 15.2. The molecule has 1 aromatic rings. The maximum atomic E-state index is 12.2. The Morgan fingerprint density at radius 3 is 2.35 bits per heavy atom. The second-order valence-electron chi connectivity index (χ2n) is 5.10. The average Bonchev–Trinajstić information content (AvgIpc) is 2.39. The Morgan fingerprint density at radius 1 is 1.10 bits per heavy atom. The largest absolute Gasteiger partial charge is 0.390 e. The zero-order valence-electron chi connectivity index (χ0n) is 11.5. The lowest BCUT2D eigenvalue weighted by atomic mass is 10.0. The van der Waals surface area contributed by atoms with Gasteiger partial charge in [-0.15, -0.1) is 0 Å². The van der Waals surface area contributed by atoms with Crippen LogP contribution in [-0.4, -0.2) is 25.7 Å². The van der Waals surface area contributed by atoms with Gasteiger partial charge >= 0.3 is 0 Å². The van der Waals surface area contributed by atoms with Crippen LogP contribution in [0.1, 0.15) is 31.2 Å². The van der Waals surface area contributed by atoms with Gasteiger partial charge in [-0.05, 0) is 44.7 Å². The van der Waals surface area contributed by atoms with E-state index >= 15 is 0 Å². The van der Waals surface area contributed by atoms with Crippen molar-refractivity contribution in [2.75, 3.05) is 0 Å². The van der Waals surface area contributed by atoms with Crippen LogP contribution in [0.3, 0.4) is 0 Å². The summed E-state index contributed by atoms with van der Waals surface area (Å²) in [6.07, 6.45) is 5.06. The van der Waals surface area contributed by atoms with Gasteiger partial charge in [0, 0.05) is 0 Å². The van der Waals surface area contributed by atoms with E-state index in [9.17, 15) is 13.5 Å². The van der Waals surface area contributed by atoms with Crippen molar-refractivity contribution in [2.45, 2.75) is 49.7 Å². The van der Waals surface area contributed by atoms with Crippen LogP contribution in [0.5, 0.6) is 0 Å². The molecule has 1 aliphatic carbocycles. The summed E-state index contributed by atoms with van der Waals surface area (Å²) >= 11 is 0. The first-order valence-corrected chi connectivity index (χ1v) is 8.23. The third-order valence-corrected chi connectivity index (χ3v) is 4.75. The highest BCUT2D eigenvalue weighted by Gasteiger charge is 2.27. The first-order chi connectivity index (χ1) is 9.49. The Bertz CT molecular complexity index is 560. The minimum absolute atomic E-state index is 0.132. The second-order valence-corrected chi connectivity index (χ2v) is 6.67. The van der Waals surface area contributed by atoms with Crippen molar-refractivity contribution < 1.29 is 17.7 Å². The number of hydrogen-bond acceptors (Lipinski definition) is 4. The molecule has 1 aliphatic rings. The smallest absolute Gasteiger partial charge is 0.297 e. The van der Waals surface area contributed by atoms with E-state index in [2.05, 4.69) is 0 Å². The molecule has 1 N–H and O–H groups in total. The molecular formula is C15H20O4S. The fraction of sp³-hybridized carbons (Fsp3) is 0.467. The Labute approximate surface area is 120 Å². The van der Waals surface area contributed by atoms with Gasteiger partial charge in [0.2, 0.25) is 0 Å². The molecule has 0 spiro atoms. The highest BCUT2D eigenvalue weighted by Crippen LogP contribution is 2.22. The lowest BCUT2D eigenvalue weighted by Crippen LogP contribution is -2.31. The molecule has 0 bridgehead atoms. The molecule has 0 amide bonds. The zero-order chi connectivity index (χ0) is 14.6. The van der Waals surface area contributed by atoms with Crippen LogP contribution < -0.4 is 0 Å². The number of allylic oxidation sites excluding steroid dienone is 2.